The van der Waals surface area contributed by atoms with Gasteiger partial charge in [-0.3, -0.25) is 0 Å². The lowest BCUT2D eigenvalue weighted by molar-refractivity contribution is -0.0802. The van der Waals surface area contributed by atoms with Gasteiger partial charge in [0.15, 0.2) is 0 Å². The molecule has 0 heterocycles. The zero-order valence-corrected chi connectivity index (χ0v) is 14.1. The van der Waals surface area contributed by atoms with E-state index in [1.165, 1.54) is 6.08 Å². The average Bonchev–Trinajstić information content (AvgIpc) is 2.56. The quantitative estimate of drug-likeness (QED) is 0.687. The predicted molar refractivity (Wildman–Crippen MR) is 95.9 cm³/mol. The Balaban J connectivity index is 2.60. The van der Waals surface area contributed by atoms with Crippen LogP contribution < -0.4 is 0 Å². The predicted octanol–water partition coefficient (Wildman–Crippen LogP) is 5.31. The number of halogens is 2. The first-order valence-electron chi connectivity index (χ1n) is 7.12. The van der Waals surface area contributed by atoms with E-state index in [1.807, 2.05) is 12.1 Å². The Bertz CT molecular complexity index is 699. The van der Waals surface area contributed by atoms with E-state index in [2.05, 4.69) is 13.2 Å². The van der Waals surface area contributed by atoms with Gasteiger partial charge in [-0.15, -0.1) is 6.58 Å². The van der Waals surface area contributed by atoms with E-state index in [1.54, 1.807) is 42.5 Å². The molecule has 4 heteroatoms. The zero-order chi connectivity index (χ0) is 16.9. The van der Waals surface area contributed by atoms with Crippen molar-refractivity contribution in [3.05, 3.63) is 95.0 Å². The molecule has 2 atom stereocenters. The van der Waals surface area contributed by atoms with Crippen molar-refractivity contribution in [3.8, 4) is 0 Å². The van der Waals surface area contributed by atoms with Crippen LogP contribution in [0.4, 0.5) is 0 Å². The molecule has 2 rings (SSSR count). The van der Waals surface area contributed by atoms with Crippen molar-refractivity contribution >= 4 is 23.2 Å². The summed E-state index contributed by atoms with van der Waals surface area (Å²) < 4.78 is 5.84. The van der Waals surface area contributed by atoms with Crippen LogP contribution in [0.1, 0.15) is 17.2 Å². The molecule has 0 saturated carbocycles. The summed E-state index contributed by atoms with van der Waals surface area (Å²) in [6.45, 7) is 7.68. The van der Waals surface area contributed by atoms with Crippen LogP contribution in [-0.4, -0.2) is 11.7 Å². The van der Waals surface area contributed by atoms with Gasteiger partial charge in [0, 0.05) is 21.2 Å². The second kappa shape index (κ2) is 7.80. The standard InChI is InChI=1S/C19H18Cl2O2/c1-3-13-23-18(14-9-5-7-11-16(14)20)19(22,4-2)15-10-6-8-12-17(15)21/h3-12,18,22H,1-2,13H2/t18-,19+/m1/s1. The summed E-state index contributed by atoms with van der Waals surface area (Å²) in [5.41, 5.74) is -0.379. The van der Waals surface area contributed by atoms with Crippen LogP contribution in [0.25, 0.3) is 0 Å². The van der Waals surface area contributed by atoms with Crippen molar-refractivity contribution in [1.82, 2.24) is 0 Å². The Morgan fingerprint density at radius 3 is 2.22 bits per heavy atom. The van der Waals surface area contributed by atoms with Crippen molar-refractivity contribution in [2.24, 2.45) is 0 Å². The van der Waals surface area contributed by atoms with Gasteiger partial charge in [0.25, 0.3) is 0 Å². The highest BCUT2D eigenvalue weighted by atomic mass is 35.5. The minimum Gasteiger partial charge on any atom is -0.378 e. The fraction of sp³-hybridized carbons (Fsp3) is 0.158. The smallest absolute Gasteiger partial charge is 0.139 e. The molecule has 0 saturated heterocycles. The lowest BCUT2D eigenvalue weighted by Gasteiger charge is -2.35. The van der Waals surface area contributed by atoms with Gasteiger partial charge in [-0.2, -0.15) is 0 Å². The van der Waals surface area contributed by atoms with Gasteiger partial charge in [0.05, 0.1) is 6.61 Å². The first-order chi connectivity index (χ1) is 11.0. The monoisotopic (exact) mass is 348 g/mol. The van der Waals surface area contributed by atoms with E-state index in [0.717, 1.165) is 0 Å². The molecule has 0 aliphatic heterocycles. The Kier molecular flexibility index (Phi) is 6.03. The third kappa shape index (κ3) is 3.67. The van der Waals surface area contributed by atoms with E-state index in [9.17, 15) is 5.11 Å². The molecule has 0 aliphatic rings. The van der Waals surface area contributed by atoms with E-state index in [-0.39, 0.29) is 6.61 Å². The van der Waals surface area contributed by atoms with E-state index < -0.39 is 11.7 Å². The third-order valence-corrected chi connectivity index (χ3v) is 4.26. The molecular formula is C19H18Cl2O2. The first-order valence-corrected chi connectivity index (χ1v) is 7.88. The number of ether oxygens (including phenoxy) is 1. The normalized spacial score (nSPS) is 14.7. The van der Waals surface area contributed by atoms with Crippen LogP contribution >= 0.6 is 23.2 Å². The molecule has 120 valence electrons. The minimum atomic E-state index is -1.54. The summed E-state index contributed by atoms with van der Waals surface area (Å²) in [4.78, 5) is 0. The van der Waals surface area contributed by atoms with Crippen molar-refractivity contribution in [2.75, 3.05) is 6.61 Å². The molecule has 2 aromatic rings. The third-order valence-electron chi connectivity index (χ3n) is 3.58. The van der Waals surface area contributed by atoms with Gasteiger partial charge in [-0.05, 0) is 12.1 Å². The van der Waals surface area contributed by atoms with Crippen molar-refractivity contribution in [3.63, 3.8) is 0 Å². The molecule has 0 aliphatic carbocycles. The molecular weight excluding hydrogens is 331 g/mol. The Hall–Kier alpha value is -1.58. The summed E-state index contributed by atoms with van der Waals surface area (Å²) in [6.07, 6.45) is 2.26. The first kappa shape index (κ1) is 17.8. The molecule has 0 bridgehead atoms. The SMILES string of the molecule is C=CCO[C@H](c1ccccc1Cl)[C@](O)(C=C)c1ccccc1Cl. The van der Waals surface area contributed by atoms with Gasteiger partial charge in [0.2, 0.25) is 0 Å². The largest absolute Gasteiger partial charge is 0.378 e. The highest BCUT2D eigenvalue weighted by molar-refractivity contribution is 6.32. The second-order valence-corrected chi connectivity index (χ2v) is 5.85. The number of benzene rings is 2. The van der Waals surface area contributed by atoms with Gasteiger partial charge in [-0.25, -0.2) is 0 Å². The van der Waals surface area contributed by atoms with Gasteiger partial charge in [-0.1, -0.05) is 78.3 Å². The van der Waals surface area contributed by atoms with Crippen molar-refractivity contribution < 1.29 is 9.84 Å². The molecule has 2 aromatic carbocycles. The van der Waals surface area contributed by atoms with E-state index in [0.29, 0.717) is 21.2 Å². The molecule has 0 unspecified atom stereocenters. The number of hydrogen-bond acceptors (Lipinski definition) is 2. The second-order valence-electron chi connectivity index (χ2n) is 5.03. The minimum absolute atomic E-state index is 0.247. The maximum absolute atomic E-state index is 11.3. The zero-order valence-electron chi connectivity index (χ0n) is 12.6. The van der Waals surface area contributed by atoms with Gasteiger partial charge >= 0.3 is 0 Å². The van der Waals surface area contributed by atoms with Crippen molar-refractivity contribution in [1.29, 1.82) is 0 Å². The molecule has 1 N–H and O–H groups in total. The molecule has 0 amide bonds. The van der Waals surface area contributed by atoms with Crippen LogP contribution in [0.15, 0.2) is 73.8 Å². The maximum Gasteiger partial charge on any atom is 0.139 e. The molecule has 0 radical (unpaired) electrons. The molecule has 2 nitrogen and oxygen atoms in total. The van der Waals surface area contributed by atoms with Crippen molar-refractivity contribution in [2.45, 2.75) is 11.7 Å². The maximum atomic E-state index is 11.3. The fourth-order valence-electron chi connectivity index (χ4n) is 2.45. The summed E-state index contributed by atoms with van der Waals surface area (Å²) in [5, 5.41) is 12.2. The highest BCUT2D eigenvalue weighted by Gasteiger charge is 2.40. The number of hydrogen-bond donors (Lipinski definition) is 1. The van der Waals surface area contributed by atoms with E-state index in [4.69, 9.17) is 27.9 Å². The van der Waals surface area contributed by atoms with Crippen LogP contribution in [0, 0.1) is 0 Å². The summed E-state index contributed by atoms with van der Waals surface area (Å²) in [6, 6.07) is 14.3. The summed E-state index contributed by atoms with van der Waals surface area (Å²) >= 11 is 12.6. The summed E-state index contributed by atoms with van der Waals surface area (Å²) in [5.74, 6) is 0. The lowest BCUT2D eigenvalue weighted by Crippen LogP contribution is -2.34. The highest BCUT2D eigenvalue weighted by Crippen LogP contribution is 2.43. The van der Waals surface area contributed by atoms with Crippen LogP contribution in [0.2, 0.25) is 10.0 Å². The molecule has 0 spiro atoms. The summed E-state index contributed by atoms with van der Waals surface area (Å²) in [7, 11) is 0. The lowest BCUT2D eigenvalue weighted by atomic mass is 9.84. The van der Waals surface area contributed by atoms with Gasteiger partial charge < -0.3 is 9.84 Å². The van der Waals surface area contributed by atoms with E-state index >= 15 is 0 Å². The average molecular weight is 349 g/mol. The molecule has 23 heavy (non-hydrogen) atoms. The fourth-order valence-corrected chi connectivity index (χ4v) is 2.97. The number of aliphatic hydroxyl groups is 1. The number of rotatable bonds is 7. The van der Waals surface area contributed by atoms with Gasteiger partial charge in [0.1, 0.15) is 11.7 Å². The van der Waals surface area contributed by atoms with Crippen LogP contribution in [-0.2, 0) is 10.3 Å². The Morgan fingerprint density at radius 1 is 1.04 bits per heavy atom. The topological polar surface area (TPSA) is 29.5 Å². The Labute approximate surface area is 146 Å². The van der Waals surface area contributed by atoms with Crippen LogP contribution in [0.5, 0.6) is 0 Å². The molecule has 0 aromatic heterocycles. The Morgan fingerprint density at radius 2 is 1.65 bits per heavy atom. The molecule has 0 fully saturated rings. The van der Waals surface area contributed by atoms with Crippen LogP contribution in [0.3, 0.4) is 0 Å².